The molecule has 102 valence electrons. The van der Waals surface area contributed by atoms with E-state index in [1.54, 1.807) is 29.2 Å². The fourth-order valence-electron chi connectivity index (χ4n) is 1.92. The number of carboxylic acids is 1. The number of morpholine rings is 1. The molecule has 1 aromatic rings. The second-order valence-electron chi connectivity index (χ2n) is 4.26. The Kier molecular flexibility index (Phi) is 4.35. The van der Waals surface area contributed by atoms with E-state index in [2.05, 4.69) is 5.32 Å². The molecule has 6 nitrogen and oxygen atoms in total. The molecule has 19 heavy (non-hydrogen) atoms. The number of amides is 2. The van der Waals surface area contributed by atoms with Crippen molar-refractivity contribution in [2.24, 2.45) is 0 Å². The Bertz CT molecular complexity index is 469. The third kappa shape index (κ3) is 3.69. The summed E-state index contributed by atoms with van der Waals surface area (Å²) >= 11 is 0. The monoisotopic (exact) mass is 264 g/mol. The van der Waals surface area contributed by atoms with Crippen molar-refractivity contribution >= 4 is 17.7 Å². The van der Waals surface area contributed by atoms with Gasteiger partial charge in [0.05, 0.1) is 19.6 Å². The number of aliphatic carboxylic acids is 1. The van der Waals surface area contributed by atoms with Crippen LogP contribution in [0.15, 0.2) is 24.3 Å². The molecule has 0 unspecified atom stereocenters. The maximum absolute atomic E-state index is 12.0. The van der Waals surface area contributed by atoms with Crippen LogP contribution < -0.4 is 5.32 Å². The number of benzene rings is 1. The van der Waals surface area contributed by atoms with Crippen LogP contribution >= 0.6 is 0 Å². The van der Waals surface area contributed by atoms with Crippen molar-refractivity contribution in [3.8, 4) is 0 Å². The Morgan fingerprint density at radius 3 is 2.63 bits per heavy atom. The van der Waals surface area contributed by atoms with Crippen LogP contribution in [0.5, 0.6) is 0 Å². The molecule has 0 aromatic heterocycles. The van der Waals surface area contributed by atoms with E-state index >= 15 is 0 Å². The van der Waals surface area contributed by atoms with Gasteiger partial charge in [-0.05, 0) is 11.6 Å². The van der Waals surface area contributed by atoms with Gasteiger partial charge in [-0.3, -0.25) is 4.79 Å². The maximum atomic E-state index is 12.0. The van der Waals surface area contributed by atoms with Gasteiger partial charge in [-0.2, -0.15) is 0 Å². The average molecular weight is 264 g/mol. The van der Waals surface area contributed by atoms with Crippen LogP contribution in [0.2, 0.25) is 0 Å². The SMILES string of the molecule is O=C(O)Cc1ccccc1NC(=O)N1CCOCC1. The average Bonchev–Trinajstić information content (AvgIpc) is 2.41. The number of urea groups is 1. The highest BCUT2D eigenvalue weighted by Gasteiger charge is 2.17. The molecule has 1 fully saturated rings. The number of hydrogen-bond donors (Lipinski definition) is 2. The third-order valence-electron chi connectivity index (χ3n) is 2.90. The molecule has 0 atom stereocenters. The van der Waals surface area contributed by atoms with E-state index < -0.39 is 5.97 Å². The largest absolute Gasteiger partial charge is 0.481 e. The Labute approximate surface area is 111 Å². The van der Waals surface area contributed by atoms with Crippen molar-refractivity contribution in [3.05, 3.63) is 29.8 Å². The molecule has 1 heterocycles. The Morgan fingerprint density at radius 2 is 1.95 bits per heavy atom. The lowest BCUT2D eigenvalue weighted by Crippen LogP contribution is -2.43. The maximum Gasteiger partial charge on any atom is 0.322 e. The molecule has 0 bridgehead atoms. The van der Waals surface area contributed by atoms with Crippen molar-refractivity contribution in [2.75, 3.05) is 31.6 Å². The molecule has 1 aliphatic rings. The van der Waals surface area contributed by atoms with Crippen molar-refractivity contribution in [2.45, 2.75) is 6.42 Å². The minimum atomic E-state index is -0.923. The van der Waals surface area contributed by atoms with E-state index in [-0.39, 0.29) is 12.5 Å². The Hall–Kier alpha value is -2.08. The van der Waals surface area contributed by atoms with Gasteiger partial charge >= 0.3 is 12.0 Å². The van der Waals surface area contributed by atoms with Crippen LogP contribution in [0.3, 0.4) is 0 Å². The highest BCUT2D eigenvalue weighted by Crippen LogP contribution is 2.16. The first-order valence-corrected chi connectivity index (χ1v) is 6.10. The van der Waals surface area contributed by atoms with E-state index in [1.165, 1.54) is 0 Å². The van der Waals surface area contributed by atoms with Gasteiger partial charge in [0.2, 0.25) is 0 Å². The summed E-state index contributed by atoms with van der Waals surface area (Å²) in [5, 5.41) is 11.6. The summed E-state index contributed by atoms with van der Waals surface area (Å²) in [5.41, 5.74) is 1.14. The number of hydrogen-bond acceptors (Lipinski definition) is 3. The molecule has 0 spiro atoms. The zero-order valence-electron chi connectivity index (χ0n) is 10.5. The fourth-order valence-corrected chi connectivity index (χ4v) is 1.92. The van der Waals surface area contributed by atoms with Crippen LogP contribution in [-0.2, 0) is 16.0 Å². The summed E-state index contributed by atoms with van der Waals surface area (Å²) in [4.78, 5) is 24.4. The van der Waals surface area contributed by atoms with Crippen molar-refractivity contribution < 1.29 is 19.4 Å². The van der Waals surface area contributed by atoms with Crippen LogP contribution in [0.25, 0.3) is 0 Å². The van der Waals surface area contributed by atoms with Crippen LogP contribution in [-0.4, -0.2) is 48.3 Å². The number of nitrogens with one attached hydrogen (secondary N) is 1. The van der Waals surface area contributed by atoms with Crippen LogP contribution in [0.4, 0.5) is 10.5 Å². The normalized spacial score (nSPS) is 15.1. The molecule has 1 aromatic carbocycles. The Morgan fingerprint density at radius 1 is 1.26 bits per heavy atom. The highest BCUT2D eigenvalue weighted by molar-refractivity contribution is 5.91. The topological polar surface area (TPSA) is 78.9 Å². The lowest BCUT2D eigenvalue weighted by molar-refractivity contribution is -0.136. The van der Waals surface area contributed by atoms with Crippen molar-refractivity contribution in [1.29, 1.82) is 0 Å². The molecule has 2 amide bonds. The number of ether oxygens (including phenoxy) is 1. The van der Waals surface area contributed by atoms with Gasteiger partial charge < -0.3 is 20.1 Å². The summed E-state index contributed by atoms with van der Waals surface area (Å²) in [6, 6.07) is 6.70. The van der Waals surface area contributed by atoms with Gasteiger partial charge in [-0.25, -0.2) is 4.79 Å². The number of carbonyl (C=O) groups is 2. The molecule has 1 aliphatic heterocycles. The first kappa shape index (κ1) is 13.4. The summed E-state index contributed by atoms with van der Waals surface area (Å²) in [5.74, 6) is -0.923. The molecule has 0 radical (unpaired) electrons. The third-order valence-corrected chi connectivity index (χ3v) is 2.90. The van der Waals surface area contributed by atoms with E-state index in [0.717, 1.165) is 0 Å². The molecular formula is C13H16N2O4. The molecule has 0 saturated carbocycles. The predicted molar refractivity (Wildman–Crippen MR) is 69.2 cm³/mol. The molecule has 0 aliphatic carbocycles. The van der Waals surface area contributed by atoms with Crippen molar-refractivity contribution in [1.82, 2.24) is 4.90 Å². The lowest BCUT2D eigenvalue weighted by atomic mass is 10.1. The van der Waals surface area contributed by atoms with Gasteiger partial charge in [-0.1, -0.05) is 18.2 Å². The zero-order chi connectivity index (χ0) is 13.7. The number of nitrogens with zero attached hydrogens (tertiary/aromatic N) is 1. The van der Waals surface area contributed by atoms with Crippen LogP contribution in [0.1, 0.15) is 5.56 Å². The van der Waals surface area contributed by atoms with Gasteiger partial charge in [0, 0.05) is 18.8 Å². The Balaban J connectivity index is 2.05. The molecule has 2 rings (SSSR count). The van der Waals surface area contributed by atoms with Gasteiger partial charge in [0.25, 0.3) is 0 Å². The number of rotatable bonds is 3. The van der Waals surface area contributed by atoms with Gasteiger partial charge in [0.1, 0.15) is 0 Å². The fraction of sp³-hybridized carbons (Fsp3) is 0.385. The molecular weight excluding hydrogens is 248 g/mol. The van der Waals surface area contributed by atoms with Gasteiger partial charge in [0.15, 0.2) is 0 Å². The first-order valence-electron chi connectivity index (χ1n) is 6.10. The summed E-state index contributed by atoms with van der Waals surface area (Å²) < 4.78 is 5.18. The standard InChI is InChI=1S/C13H16N2O4/c16-12(17)9-10-3-1-2-4-11(10)14-13(18)15-5-7-19-8-6-15/h1-4H,5-9H2,(H,14,18)(H,16,17). The number of carbonyl (C=O) groups excluding carboxylic acids is 1. The minimum Gasteiger partial charge on any atom is -0.481 e. The quantitative estimate of drug-likeness (QED) is 0.859. The minimum absolute atomic E-state index is 0.112. The molecule has 1 saturated heterocycles. The smallest absolute Gasteiger partial charge is 0.322 e. The molecule has 2 N–H and O–H groups in total. The van der Waals surface area contributed by atoms with Gasteiger partial charge in [-0.15, -0.1) is 0 Å². The number of carboxylic acid groups (broad SMARTS) is 1. The highest BCUT2D eigenvalue weighted by atomic mass is 16.5. The number of para-hydroxylation sites is 1. The van der Waals surface area contributed by atoms with E-state index in [9.17, 15) is 9.59 Å². The summed E-state index contributed by atoms with van der Waals surface area (Å²) in [6.07, 6.45) is -0.112. The second-order valence-corrected chi connectivity index (χ2v) is 4.26. The number of anilines is 1. The summed E-state index contributed by atoms with van der Waals surface area (Å²) in [6.45, 7) is 2.16. The zero-order valence-corrected chi connectivity index (χ0v) is 10.5. The van der Waals surface area contributed by atoms with E-state index in [1.807, 2.05) is 0 Å². The van der Waals surface area contributed by atoms with E-state index in [0.29, 0.717) is 37.6 Å². The lowest BCUT2D eigenvalue weighted by Gasteiger charge is -2.27. The first-order chi connectivity index (χ1) is 9.16. The molecule has 6 heteroatoms. The van der Waals surface area contributed by atoms with Crippen molar-refractivity contribution in [3.63, 3.8) is 0 Å². The second kappa shape index (κ2) is 6.19. The summed E-state index contributed by atoms with van der Waals surface area (Å²) in [7, 11) is 0. The van der Waals surface area contributed by atoms with E-state index in [4.69, 9.17) is 9.84 Å². The van der Waals surface area contributed by atoms with Crippen LogP contribution in [0, 0.1) is 0 Å². The predicted octanol–water partition coefficient (Wildman–Crippen LogP) is 1.18.